The molecule has 0 atom stereocenters. The quantitative estimate of drug-likeness (QED) is 0.371. The fraction of sp³-hybridized carbons (Fsp3) is 0.227. The molecule has 0 radical (unpaired) electrons. The third-order valence-corrected chi connectivity index (χ3v) is 5.59. The maximum atomic E-state index is 12.3. The van der Waals surface area contributed by atoms with Crippen LogP contribution in [0.15, 0.2) is 60.3 Å². The van der Waals surface area contributed by atoms with E-state index in [1.54, 1.807) is 30.3 Å². The van der Waals surface area contributed by atoms with Crippen LogP contribution < -0.4 is 10.1 Å². The summed E-state index contributed by atoms with van der Waals surface area (Å²) in [4.78, 5) is 12.3. The number of halogens is 1. The van der Waals surface area contributed by atoms with Crippen LogP contribution in [0.4, 0.5) is 5.69 Å². The fourth-order valence-electron chi connectivity index (χ4n) is 2.69. The average Bonchev–Trinajstić information content (AvgIpc) is 3.09. The first-order chi connectivity index (χ1) is 14.5. The van der Waals surface area contributed by atoms with Gasteiger partial charge in [-0.15, -0.1) is 16.8 Å². The van der Waals surface area contributed by atoms with Crippen LogP contribution >= 0.6 is 23.4 Å². The standard InChI is InChI=1S/C22H23ClN4O2S/c1-4-10-27-20(13-29-19-9-8-15(2)16(3)11-19)25-26-22(27)30-14-21(28)24-18-7-5-6-17(23)12-18/h4-9,11-12H,1,10,13-14H2,2-3H3,(H,24,28). The van der Waals surface area contributed by atoms with Crippen LogP contribution in [0.25, 0.3) is 0 Å². The lowest BCUT2D eigenvalue weighted by molar-refractivity contribution is -0.113. The highest BCUT2D eigenvalue weighted by atomic mass is 35.5. The molecule has 0 aliphatic heterocycles. The Balaban J connectivity index is 1.62. The highest BCUT2D eigenvalue weighted by Crippen LogP contribution is 2.21. The Morgan fingerprint density at radius 3 is 2.80 bits per heavy atom. The molecule has 6 nitrogen and oxygen atoms in total. The summed E-state index contributed by atoms with van der Waals surface area (Å²) < 4.78 is 7.78. The number of allylic oxidation sites excluding steroid dienone is 1. The number of carbonyl (C=O) groups excluding carboxylic acids is 1. The zero-order valence-corrected chi connectivity index (χ0v) is 18.5. The predicted molar refractivity (Wildman–Crippen MR) is 121 cm³/mol. The van der Waals surface area contributed by atoms with E-state index in [9.17, 15) is 4.79 Å². The van der Waals surface area contributed by atoms with E-state index in [0.29, 0.717) is 28.2 Å². The highest BCUT2D eigenvalue weighted by molar-refractivity contribution is 7.99. The van der Waals surface area contributed by atoms with E-state index in [4.69, 9.17) is 16.3 Å². The van der Waals surface area contributed by atoms with E-state index in [0.717, 1.165) is 5.75 Å². The Hall–Kier alpha value is -2.77. The smallest absolute Gasteiger partial charge is 0.234 e. The predicted octanol–water partition coefficient (Wildman–Crippen LogP) is 5.04. The Kier molecular flexibility index (Phi) is 7.54. The summed E-state index contributed by atoms with van der Waals surface area (Å²) in [6.45, 7) is 8.71. The Labute approximate surface area is 185 Å². The number of hydrogen-bond donors (Lipinski definition) is 1. The van der Waals surface area contributed by atoms with Crippen molar-refractivity contribution in [1.82, 2.24) is 14.8 Å². The fourth-order valence-corrected chi connectivity index (χ4v) is 3.65. The summed E-state index contributed by atoms with van der Waals surface area (Å²) >= 11 is 7.26. The molecule has 0 saturated carbocycles. The van der Waals surface area contributed by atoms with Crippen molar-refractivity contribution in [3.8, 4) is 5.75 Å². The van der Waals surface area contributed by atoms with Gasteiger partial charge in [-0.1, -0.05) is 41.6 Å². The molecule has 3 rings (SSSR count). The van der Waals surface area contributed by atoms with Crippen molar-refractivity contribution in [2.75, 3.05) is 11.1 Å². The molecule has 2 aromatic carbocycles. The van der Waals surface area contributed by atoms with E-state index in [2.05, 4.69) is 29.0 Å². The van der Waals surface area contributed by atoms with Crippen molar-refractivity contribution in [2.45, 2.75) is 32.2 Å². The van der Waals surface area contributed by atoms with Crippen molar-refractivity contribution in [3.63, 3.8) is 0 Å². The van der Waals surface area contributed by atoms with E-state index >= 15 is 0 Å². The zero-order chi connectivity index (χ0) is 21.5. The van der Waals surface area contributed by atoms with Gasteiger partial charge in [0.2, 0.25) is 5.91 Å². The first kappa shape index (κ1) is 21.9. The average molecular weight is 443 g/mol. The number of ether oxygens (including phenoxy) is 1. The number of amides is 1. The Morgan fingerprint density at radius 1 is 1.23 bits per heavy atom. The highest BCUT2D eigenvalue weighted by Gasteiger charge is 2.14. The number of rotatable bonds is 9. The monoisotopic (exact) mass is 442 g/mol. The lowest BCUT2D eigenvalue weighted by Gasteiger charge is -2.10. The lowest BCUT2D eigenvalue weighted by atomic mass is 10.1. The third-order valence-electron chi connectivity index (χ3n) is 4.39. The molecule has 0 aliphatic rings. The minimum atomic E-state index is -0.150. The molecule has 0 fully saturated rings. The number of nitrogens with one attached hydrogen (secondary N) is 1. The summed E-state index contributed by atoms with van der Waals surface area (Å²) in [7, 11) is 0. The molecule has 8 heteroatoms. The number of nitrogens with zero attached hydrogens (tertiary/aromatic N) is 3. The number of carbonyl (C=O) groups is 1. The van der Waals surface area contributed by atoms with Crippen LogP contribution in [0.2, 0.25) is 5.02 Å². The van der Waals surface area contributed by atoms with E-state index in [-0.39, 0.29) is 18.3 Å². The maximum Gasteiger partial charge on any atom is 0.234 e. The van der Waals surface area contributed by atoms with Gasteiger partial charge in [0.05, 0.1) is 5.75 Å². The third kappa shape index (κ3) is 5.87. The minimum absolute atomic E-state index is 0.150. The molecule has 0 aliphatic carbocycles. The van der Waals surface area contributed by atoms with Gasteiger partial charge in [-0.25, -0.2) is 0 Å². The van der Waals surface area contributed by atoms with Crippen molar-refractivity contribution in [3.05, 3.63) is 77.1 Å². The topological polar surface area (TPSA) is 69.0 Å². The van der Waals surface area contributed by atoms with E-state index < -0.39 is 0 Å². The molecule has 0 spiro atoms. The molecule has 3 aromatic rings. The number of thioether (sulfide) groups is 1. The molecule has 0 bridgehead atoms. The van der Waals surface area contributed by atoms with Crippen molar-refractivity contribution < 1.29 is 9.53 Å². The molecule has 156 valence electrons. The van der Waals surface area contributed by atoms with Gasteiger partial charge in [-0.3, -0.25) is 9.36 Å². The summed E-state index contributed by atoms with van der Waals surface area (Å²) in [6.07, 6.45) is 1.76. The van der Waals surface area contributed by atoms with E-state index in [1.807, 2.05) is 29.7 Å². The Bertz CT molecular complexity index is 1050. The number of aromatic nitrogens is 3. The molecule has 30 heavy (non-hydrogen) atoms. The summed E-state index contributed by atoms with van der Waals surface area (Å²) in [5.41, 5.74) is 3.04. The molecule has 0 saturated heterocycles. The van der Waals surface area contributed by atoms with Gasteiger partial charge in [0.15, 0.2) is 11.0 Å². The molecule has 1 N–H and O–H groups in total. The summed E-state index contributed by atoms with van der Waals surface area (Å²) in [5.74, 6) is 1.50. The second-order valence-corrected chi connectivity index (χ2v) is 8.06. The molecular formula is C22H23ClN4O2S. The van der Waals surface area contributed by atoms with Crippen molar-refractivity contribution >= 4 is 35.0 Å². The van der Waals surface area contributed by atoms with Gasteiger partial charge in [-0.2, -0.15) is 0 Å². The van der Waals surface area contributed by atoms with E-state index in [1.165, 1.54) is 22.9 Å². The van der Waals surface area contributed by atoms with Gasteiger partial charge >= 0.3 is 0 Å². The SMILES string of the molecule is C=CCn1c(COc2ccc(C)c(C)c2)nnc1SCC(=O)Nc1cccc(Cl)c1. The lowest BCUT2D eigenvalue weighted by Crippen LogP contribution is -2.15. The first-order valence-electron chi connectivity index (χ1n) is 9.37. The molecular weight excluding hydrogens is 420 g/mol. The second kappa shape index (κ2) is 10.3. The van der Waals surface area contributed by atoms with Gasteiger partial charge < -0.3 is 10.1 Å². The number of anilines is 1. The normalized spacial score (nSPS) is 10.6. The van der Waals surface area contributed by atoms with Crippen LogP contribution in [0.1, 0.15) is 17.0 Å². The van der Waals surface area contributed by atoms with Crippen LogP contribution in [-0.2, 0) is 17.9 Å². The summed E-state index contributed by atoms with van der Waals surface area (Å²) in [6, 6.07) is 13.0. The second-order valence-electron chi connectivity index (χ2n) is 6.68. The minimum Gasteiger partial charge on any atom is -0.486 e. The molecule has 0 unspecified atom stereocenters. The van der Waals surface area contributed by atoms with Gasteiger partial charge in [0.1, 0.15) is 12.4 Å². The largest absolute Gasteiger partial charge is 0.486 e. The van der Waals surface area contributed by atoms with Crippen LogP contribution in [0.5, 0.6) is 5.75 Å². The van der Waals surface area contributed by atoms with Crippen LogP contribution in [0, 0.1) is 13.8 Å². The van der Waals surface area contributed by atoms with Gasteiger partial charge in [0.25, 0.3) is 0 Å². The zero-order valence-electron chi connectivity index (χ0n) is 16.9. The Morgan fingerprint density at radius 2 is 2.07 bits per heavy atom. The van der Waals surface area contributed by atoms with Crippen LogP contribution in [0.3, 0.4) is 0 Å². The number of aryl methyl sites for hydroxylation is 2. The maximum absolute atomic E-state index is 12.3. The molecule has 1 aromatic heterocycles. The number of hydrogen-bond acceptors (Lipinski definition) is 5. The number of benzene rings is 2. The van der Waals surface area contributed by atoms with Gasteiger partial charge in [0, 0.05) is 17.3 Å². The van der Waals surface area contributed by atoms with Gasteiger partial charge in [-0.05, 0) is 55.3 Å². The van der Waals surface area contributed by atoms with Crippen molar-refractivity contribution in [2.24, 2.45) is 0 Å². The van der Waals surface area contributed by atoms with Crippen molar-refractivity contribution in [1.29, 1.82) is 0 Å². The summed E-state index contributed by atoms with van der Waals surface area (Å²) in [5, 5.41) is 12.5. The first-order valence-corrected chi connectivity index (χ1v) is 10.7. The molecule has 1 heterocycles. The molecule has 1 amide bonds. The van der Waals surface area contributed by atoms with Crippen LogP contribution in [-0.4, -0.2) is 26.4 Å².